The van der Waals surface area contributed by atoms with Gasteiger partial charge in [0.2, 0.25) is 0 Å². The Morgan fingerprint density at radius 1 is 0.667 bits per heavy atom. The fraction of sp³-hybridized carbons (Fsp3) is 0.120. The van der Waals surface area contributed by atoms with Gasteiger partial charge in [-0.3, -0.25) is 0 Å². The first-order chi connectivity index (χ1) is 14.4. The monoisotopic (exact) mass is 399 g/mol. The molecule has 1 aliphatic heterocycles. The van der Waals surface area contributed by atoms with Crippen LogP contribution in [0.1, 0.15) is 13.8 Å². The second-order valence-electron chi connectivity index (χ2n) is 7.40. The molecule has 1 heterocycles. The Hall–Kier alpha value is -3.86. The molecule has 0 aromatic heterocycles. The highest BCUT2D eigenvalue weighted by molar-refractivity contribution is 6.15. The Balaban J connectivity index is 1.46. The Bertz CT molecular complexity index is 1080. The smallest absolute Gasteiger partial charge is 0.350 e. The lowest BCUT2D eigenvalue weighted by molar-refractivity contribution is -0.222. The first kappa shape index (κ1) is 19.5. The largest absolute Gasteiger partial charge is 0.419 e. The van der Waals surface area contributed by atoms with Crippen LogP contribution in [0.2, 0.25) is 0 Å². The van der Waals surface area contributed by atoms with Crippen LogP contribution in [0, 0.1) is 0 Å². The molecule has 0 bridgehead atoms. The third kappa shape index (κ3) is 4.25. The molecule has 3 aromatic rings. The second kappa shape index (κ2) is 7.87. The molecule has 1 fully saturated rings. The van der Waals surface area contributed by atoms with Crippen LogP contribution in [0.25, 0.3) is 22.3 Å². The molecular weight excluding hydrogens is 378 g/mol. The van der Waals surface area contributed by atoms with Crippen molar-refractivity contribution in [3.63, 3.8) is 0 Å². The number of cyclic esters (lactones) is 2. The van der Waals surface area contributed by atoms with Crippen LogP contribution in [0.4, 0.5) is 5.69 Å². The lowest BCUT2D eigenvalue weighted by Gasteiger charge is -2.29. The summed E-state index contributed by atoms with van der Waals surface area (Å²) in [7, 11) is 0. The third-order valence-electron chi connectivity index (χ3n) is 4.71. The van der Waals surface area contributed by atoms with Crippen molar-refractivity contribution in [1.29, 1.82) is 0 Å². The van der Waals surface area contributed by atoms with Gasteiger partial charge in [0, 0.05) is 25.7 Å². The van der Waals surface area contributed by atoms with Crippen LogP contribution in [-0.4, -0.2) is 17.7 Å². The van der Waals surface area contributed by atoms with Gasteiger partial charge in [0.05, 0.1) is 0 Å². The molecule has 0 saturated carbocycles. The van der Waals surface area contributed by atoms with Gasteiger partial charge in [-0.25, -0.2) is 9.59 Å². The molecule has 0 aliphatic carbocycles. The molecule has 1 saturated heterocycles. The summed E-state index contributed by atoms with van der Waals surface area (Å²) in [6.45, 7) is 3.02. The van der Waals surface area contributed by atoms with Gasteiger partial charge >= 0.3 is 11.9 Å². The van der Waals surface area contributed by atoms with Crippen LogP contribution in [0.15, 0.2) is 90.6 Å². The highest BCUT2D eigenvalue weighted by atomic mass is 16.7. The minimum atomic E-state index is -1.25. The molecule has 0 amide bonds. The van der Waals surface area contributed by atoms with Gasteiger partial charge in [0.25, 0.3) is 5.79 Å². The van der Waals surface area contributed by atoms with Crippen molar-refractivity contribution >= 4 is 17.6 Å². The fourth-order valence-electron chi connectivity index (χ4n) is 3.18. The number of ether oxygens (including phenoxy) is 2. The predicted octanol–water partition coefficient (Wildman–Crippen LogP) is 5.15. The van der Waals surface area contributed by atoms with Gasteiger partial charge in [0.15, 0.2) is 5.57 Å². The van der Waals surface area contributed by atoms with Crippen LogP contribution in [-0.2, 0) is 19.1 Å². The number of anilines is 1. The molecule has 5 nitrogen and oxygen atoms in total. The van der Waals surface area contributed by atoms with Crippen LogP contribution in [0.5, 0.6) is 0 Å². The highest BCUT2D eigenvalue weighted by Crippen LogP contribution is 2.26. The summed E-state index contributed by atoms with van der Waals surface area (Å²) in [6.07, 6.45) is 1.31. The van der Waals surface area contributed by atoms with Crippen LogP contribution >= 0.6 is 0 Å². The number of rotatable bonds is 4. The van der Waals surface area contributed by atoms with Crippen molar-refractivity contribution in [3.05, 3.63) is 90.6 Å². The van der Waals surface area contributed by atoms with E-state index in [0.29, 0.717) is 0 Å². The molecule has 30 heavy (non-hydrogen) atoms. The van der Waals surface area contributed by atoms with E-state index in [1.54, 1.807) is 0 Å². The molecule has 150 valence electrons. The van der Waals surface area contributed by atoms with E-state index in [-0.39, 0.29) is 5.57 Å². The first-order valence-electron chi connectivity index (χ1n) is 9.61. The summed E-state index contributed by atoms with van der Waals surface area (Å²) >= 11 is 0. The highest BCUT2D eigenvalue weighted by Gasteiger charge is 2.38. The fourth-order valence-corrected chi connectivity index (χ4v) is 3.18. The number of benzene rings is 3. The molecule has 3 aromatic carbocycles. The topological polar surface area (TPSA) is 64.6 Å². The first-order valence-corrected chi connectivity index (χ1v) is 9.61. The van der Waals surface area contributed by atoms with Crippen molar-refractivity contribution in [1.82, 2.24) is 0 Å². The number of nitrogens with one attached hydrogen (secondary N) is 1. The second-order valence-corrected chi connectivity index (χ2v) is 7.40. The maximum atomic E-state index is 12.0. The average molecular weight is 399 g/mol. The number of hydrogen-bond donors (Lipinski definition) is 1. The van der Waals surface area contributed by atoms with Gasteiger partial charge in [-0.2, -0.15) is 0 Å². The zero-order chi connectivity index (χ0) is 21.1. The average Bonchev–Trinajstić information content (AvgIpc) is 2.73. The molecule has 5 heteroatoms. The molecule has 0 unspecified atom stereocenters. The molecule has 1 aliphatic rings. The molecule has 0 atom stereocenters. The number of carbonyl (C=O) groups excluding carboxylic acids is 2. The minimum Gasteiger partial charge on any atom is -0.419 e. The van der Waals surface area contributed by atoms with Crippen molar-refractivity contribution in [2.24, 2.45) is 0 Å². The van der Waals surface area contributed by atoms with Gasteiger partial charge in [-0.1, -0.05) is 66.7 Å². The van der Waals surface area contributed by atoms with Crippen molar-refractivity contribution in [3.8, 4) is 22.3 Å². The van der Waals surface area contributed by atoms with E-state index in [2.05, 4.69) is 41.7 Å². The zero-order valence-corrected chi connectivity index (χ0v) is 16.7. The van der Waals surface area contributed by atoms with E-state index in [1.165, 1.54) is 31.2 Å². The minimum absolute atomic E-state index is 0.171. The Morgan fingerprint density at radius 3 is 1.60 bits per heavy atom. The summed E-state index contributed by atoms with van der Waals surface area (Å²) in [4.78, 5) is 24.0. The number of carbonyl (C=O) groups is 2. The zero-order valence-electron chi connectivity index (χ0n) is 16.7. The third-order valence-corrected chi connectivity index (χ3v) is 4.71. The Labute approximate surface area is 175 Å². The van der Waals surface area contributed by atoms with Gasteiger partial charge in [-0.15, -0.1) is 0 Å². The molecule has 1 N–H and O–H groups in total. The SMILES string of the molecule is CC1(C)OC(=O)C(=CNc2ccc(-c3ccc(-c4ccccc4)cc3)cc2)C(=O)O1. The van der Waals surface area contributed by atoms with Gasteiger partial charge in [-0.05, 0) is 34.4 Å². The lowest BCUT2D eigenvalue weighted by Crippen LogP contribution is -2.42. The van der Waals surface area contributed by atoms with E-state index >= 15 is 0 Å². The normalized spacial score (nSPS) is 15.2. The summed E-state index contributed by atoms with van der Waals surface area (Å²) in [5.74, 6) is -2.67. The number of hydrogen-bond acceptors (Lipinski definition) is 5. The van der Waals surface area contributed by atoms with Gasteiger partial charge < -0.3 is 14.8 Å². The van der Waals surface area contributed by atoms with Crippen molar-refractivity contribution < 1.29 is 19.1 Å². The van der Waals surface area contributed by atoms with Gasteiger partial charge in [0.1, 0.15) is 0 Å². The molecule has 4 rings (SSSR count). The molecule has 0 radical (unpaired) electrons. The van der Waals surface area contributed by atoms with E-state index in [1.807, 2.05) is 42.5 Å². The summed E-state index contributed by atoms with van der Waals surface area (Å²) in [5, 5.41) is 2.95. The molecular formula is C25H21NO4. The van der Waals surface area contributed by atoms with E-state index < -0.39 is 17.7 Å². The number of esters is 2. The van der Waals surface area contributed by atoms with Crippen molar-refractivity contribution in [2.45, 2.75) is 19.6 Å². The summed E-state index contributed by atoms with van der Waals surface area (Å²) < 4.78 is 10.1. The van der Waals surface area contributed by atoms with E-state index in [4.69, 9.17) is 9.47 Å². The molecule has 0 spiro atoms. The van der Waals surface area contributed by atoms with E-state index in [0.717, 1.165) is 16.8 Å². The van der Waals surface area contributed by atoms with E-state index in [9.17, 15) is 9.59 Å². The maximum Gasteiger partial charge on any atom is 0.350 e. The quantitative estimate of drug-likeness (QED) is 0.373. The maximum absolute atomic E-state index is 12.0. The lowest BCUT2D eigenvalue weighted by atomic mass is 10.0. The standard InChI is InChI=1S/C25H21NO4/c1-25(2)29-23(27)22(24(28)30-25)16-26-21-14-12-20(13-15-21)19-10-8-18(9-11-19)17-6-4-3-5-7-17/h3-16,26H,1-2H3. The van der Waals surface area contributed by atoms with Crippen LogP contribution in [0.3, 0.4) is 0 Å². The summed E-state index contributed by atoms with van der Waals surface area (Å²) in [6, 6.07) is 26.3. The summed E-state index contributed by atoms with van der Waals surface area (Å²) in [5.41, 5.74) is 5.07. The van der Waals surface area contributed by atoms with Crippen LogP contribution < -0.4 is 5.32 Å². The Kier molecular flexibility index (Phi) is 5.11. The Morgan fingerprint density at radius 2 is 1.10 bits per heavy atom. The predicted molar refractivity (Wildman–Crippen MR) is 115 cm³/mol. The van der Waals surface area contributed by atoms with Crippen molar-refractivity contribution in [2.75, 3.05) is 5.32 Å².